The Morgan fingerprint density at radius 2 is 1.90 bits per heavy atom. The lowest BCUT2D eigenvalue weighted by Gasteiger charge is -2.19. The summed E-state index contributed by atoms with van der Waals surface area (Å²) in [6.45, 7) is 5.75. The first kappa shape index (κ1) is 15.8. The molecule has 1 aliphatic carbocycles. The van der Waals surface area contributed by atoms with Crippen LogP contribution in [0.2, 0.25) is 0 Å². The second-order valence-electron chi connectivity index (χ2n) is 6.58. The van der Waals surface area contributed by atoms with Gasteiger partial charge in [-0.2, -0.15) is 0 Å². The molecule has 2 rings (SSSR count). The van der Waals surface area contributed by atoms with Gasteiger partial charge < -0.3 is 10.2 Å². The summed E-state index contributed by atoms with van der Waals surface area (Å²) in [4.78, 5) is 16.6. The molecule has 20 heavy (non-hydrogen) atoms. The molecule has 4 nitrogen and oxygen atoms in total. The SMILES string of the molecule is CN1CCCN(CC(=O)NCCCC2CCCC2)CC1. The van der Waals surface area contributed by atoms with Crippen LogP contribution in [-0.2, 0) is 4.79 Å². The normalized spacial score (nSPS) is 22.9. The molecule has 0 spiro atoms. The predicted octanol–water partition coefficient (Wildman–Crippen LogP) is 1.71. The highest BCUT2D eigenvalue weighted by atomic mass is 16.2. The van der Waals surface area contributed by atoms with Crippen LogP contribution in [0.25, 0.3) is 0 Å². The largest absolute Gasteiger partial charge is 0.355 e. The predicted molar refractivity (Wildman–Crippen MR) is 82.8 cm³/mol. The fourth-order valence-electron chi connectivity index (χ4n) is 3.43. The third kappa shape index (κ3) is 5.80. The van der Waals surface area contributed by atoms with Gasteiger partial charge in [-0.15, -0.1) is 0 Å². The van der Waals surface area contributed by atoms with Crippen LogP contribution >= 0.6 is 0 Å². The van der Waals surface area contributed by atoms with Gasteiger partial charge in [-0.05, 0) is 45.3 Å². The Bertz CT molecular complexity index is 289. The van der Waals surface area contributed by atoms with Crippen molar-refractivity contribution in [3.63, 3.8) is 0 Å². The van der Waals surface area contributed by atoms with E-state index in [0.717, 1.165) is 45.1 Å². The van der Waals surface area contributed by atoms with Gasteiger partial charge in [0.05, 0.1) is 6.54 Å². The maximum Gasteiger partial charge on any atom is 0.234 e. The quantitative estimate of drug-likeness (QED) is 0.753. The molecule has 0 aromatic carbocycles. The van der Waals surface area contributed by atoms with Gasteiger partial charge in [0.15, 0.2) is 0 Å². The molecule has 1 saturated heterocycles. The van der Waals surface area contributed by atoms with Crippen molar-refractivity contribution in [2.75, 3.05) is 46.3 Å². The number of nitrogens with one attached hydrogen (secondary N) is 1. The molecule has 0 bridgehead atoms. The minimum atomic E-state index is 0.209. The Balaban J connectivity index is 1.53. The van der Waals surface area contributed by atoms with Crippen molar-refractivity contribution in [2.45, 2.75) is 44.9 Å². The average Bonchev–Trinajstić information content (AvgIpc) is 2.86. The topological polar surface area (TPSA) is 35.6 Å². The first-order valence-electron chi connectivity index (χ1n) is 8.41. The van der Waals surface area contributed by atoms with E-state index in [-0.39, 0.29) is 5.91 Å². The zero-order chi connectivity index (χ0) is 14.2. The third-order valence-corrected chi connectivity index (χ3v) is 4.77. The lowest BCUT2D eigenvalue weighted by molar-refractivity contribution is -0.122. The van der Waals surface area contributed by atoms with Gasteiger partial charge in [0.1, 0.15) is 0 Å². The van der Waals surface area contributed by atoms with Crippen LogP contribution in [0.15, 0.2) is 0 Å². The average molecular weight is 281 g/mol. The number of nitrogens with zero attached hydrogens (tertiary/aromatic N) is 2. The molecule has 1 N–H and O–H groups in total. The number of carbonyl (C=O) groups excluding carboxylic acids is 1. The summed E-state index contributed by atoms with van der Waals surface area (Å²) >= 11 is 0. The number of amides is 1. The molecule has 116 valence electrons. The maximum absolute atomic E-state index is 11.9. The van der Waals surface area contributed by atoms with Crippen LogP contribution in [0.4, 0.5) is 0 Å². The Kier molecular flexibility index (Phi) is 6.80. The smallest absolute Gasteiger partial charge is 0.234 e. The third-order valence-electron chi connectivity index (χ3n) is 4.77. The number of hydrogen-bond donors (Lipinski definition) is 1. The summed E-state index contributed by atoms with van der Waals surface area (Å²) in [6, 6.07) is 0. The Hall–Kier alpha value is -0.610. The van der Waals surface area contributed by atoms with Gasteiger partial charge in [-0.3, -0.25) is 9.69 Å². The van der Waals surface area contributed by atoms with Gasteiger partial charge in [-0.25, -0.2) is 0 Å². The highest BCUT2D eigenvalue weighted by Gasteiger charge is 2.16. The number of likely N-dealkylation sites (N-methyl/N-ethyl adjacent to an activating group) is 1. The zero-order valence-electron chi connectivity index (χ0n) is 13.1. The van der Waals surface area contributed by atoms with E-state index >= 15 is 0 Å². The number of hydrogen-bond acceptors (Lipinski definition) is 3. The van der Waals surface area contributed by atoms with Gasteiger partial charge in [-0.1, -0.05) is 25.7 Å². The van der Waals surface area contributed by atoms with Crippen LogP contribution in [-0.4, -0.2) is 62.0 Å². The van der Waals surface area contributed by atoms with Gasteiger partial charge in [0.25, 0.3) is 0 Å². The van der Waals surface area contributed by atoms with Gasteiger partial charge in [0, 0.05) is 19.6 Å². The molecule has 1 heterocycles. The van der Waals surface area contributed by atoms with E-state index in [9.17, 15) is 4.79 Å². The Labute approximate surface area is 123 Å². The standard InChI is InChI=1S/C16H31N3O/c1-18-10-5-11-19(13-12-18)14-16(20)17-9-4-8-15-6-2-3-7-15/h15H,2-14H2,1H3,(H,17,20). The van der Waals surface area contributed by atoms with E-state index < -0.39 is 0 Å². The first-order valence-corrected chi connectivity index (χ1v) is 8.41. The van der Waals surface area contributed by atoms with Crippen molar-refractivity contribution < 1.29 is 4.79 Å². The lowest BCUT2D eigenvalue weighted by atomic mass is 10.0. The van der Waals surface area contributed by atoms with Crippen LogP contribution < -0.4 is 5.32 Å². The van der Waals surface area contributed by atoms with Gasteiger partial charge >= 0.3 is 0 Å². The van der Waals surface area contributed by atoms with Crippen molar-refractivity contribution in [1.29, 1.82) is 0 Å². The second kappa shape index (κ2) is 8.63. The first-order chi connectivity index (χ1) is 9.74. The fraction of sp³-hybridized carbons (Fsp3) is 0.938. The van der Waals surface area contributed by atoms with Crippen molar-refractivity contribution in [3.8, 4) is 0 Å². The molecule has 1 saturated carbocycles. The van der Waals surface area contributed by atoms with E-state index in [1.54, 1.807) is 0 Å². The number of rotatable bonds is 6. The highest BCUT2D eigenvalue weighted by Crippen LogP contribution is 2.28. The lowest BCUT2D eigenvalue weighted by Crippen LogP contribution is -2.39. The van der Waals surface area contributed by atoms with Crippen molar-refractivity contribution >= 4 is 5.91 Å². The van der Waals surface area contributed by atoms with E-state index in [1.165, 1.54) is 38.5 Å². The molecule has 2 aliphatic rings. The molecule has 4 heteroatoms. The second-order valence-corrected chi connectivity index (χ2v) is 6.58. The van der Waals surface area contributed by atoms with Crippen LogP contribution in [0.1, 0.15) is 44.9 Å². The molecule has 1 amide bonds. The summed E-state index contributed by atoms with van der Waals surface area (Å²) in [6.07, 6.45) is 9.28. The molecule has 0 aromatic rings. The van der Waals surface area contributed by atoms with E-state index in [4.69, 9.17) is 0 Å². The molecular weight excluding hydrogens is 250 g/mol. The summed E-state index contributed by atoms with van der Waals surface area (Å²) in [7, 11) is 2.16. The maximum atomic E-state index is 11.9. The van der Waals surface area contributed by atoms with Crippen LogP contribution in [0.3, 0.4) is 0 Å². The Morgan fingerprint density at radius 3 is 2.70 bits per heavy atom. The summed E-state index contributed by atoms with van der Waals surface area (Å²) < 4.78 is 0. The van der Waals surface area contributed by atoms with Crippen molar-refractivity contribution in [3.05, 3.63) is 0 Å². The molecular formula is C16H31N3O. The van der Waals surface area contributed by atoms with Crippen molar-refractivity contribution in [1.82, 2.24) is 15.1 Å². The summed E-state index contributed by atoms with van der Waals surface area (Å²) in [5, 5.41) is 3.09. The summed E-state index contributed by atoms with van der Waals surface area (Å²) in [5.74, 6) is 1.15. The molecule has 0 aromatic heterocycles. The van der Waals surface area contributed by atoms with E-state index in [1.807, 2.05) is 0 Å². The minimum absolute atomic E-state index is 0.209. The van der Waals surface area contributed by atoms with Crippen LogP contribution in [0, 0.1) is 5.92 Å². The zero-order valence-corrected chi connectivity index (χ0v) is 13.1. The molecule has 1 aliphatic heterocycles. The molecule has 2 fully saturated rings. The van der Waals surface area contributed by atoms with Crippen LogP contribution in [0.5, 0.6) is 0 Å². The number of carbonyl (C=O) groups is 1. The fourth-order valence-corrected chi connectivity index (χ4v) is 3.43. The van der Waals surface area contributed by atoms with E-state index in [2.05, 4.69) is 22.2 Å². The minimum Gasteiger partial charge on any atom is -0.355 e. The van der Waals surface area contributed by atoms with Crippen molar-refractivity contribution in [2.24, 2.45) is 5.92 Å². The molecule has 0 unspecified atom stereocenters. The van der Waals surface area contributed by atoms with Gasteiger partial charge in [0.2, 0.25) is 5.91 Å². The molecule has 0 radical (unpaired) electrons. The van der Waals surface area contributed by atoms with E-state index in [0.29, 0.717) is 6.54 Å². The monoisotopic (exact) mass is 281 g/mol. The summed E-state index contributed by atoms with van der Waals surface area (Å²) in [5.41, 5.74) is 0. The molecule has 0 atom stereocenters. The highest BCUT2D eigenvalue weighted by molar-refractivity contribution is 5.77. The Morgan fingerprint density at radius 1 is 1.10 bits per heavy atom.